The van der Waals surface area contributed by atoms with E-state index in [4.69, 9.17) is 0 Å². The number of nitrogens with zero attached hydrogens (tertiary/aromatic N) is 1. The maximum absolute atomic E-state index is 12.9. The van der Waals surface area contributed by atoms with Crippen LogP contribution >= 0.6 is 0 Å². The predicted octanol–water partition coefficient (Wildman–Crippen LogP) is 3.65. The van der Waals surface area contributed by atoms with Crippen LogP contribution in [0.1, 0.15) is 34.8 Å². The highest BCUT2D eigenvalue weighted by Gasteiger charge is 2.26. The molecule has 1 saturated heterocycles. The van der Waals surface area contributed by atoms with Crippen LogP contribution in [0.15, 0.2) is 72.1 Å². The van der Waals surface area contributed by atoms with Gasteiger partial charge in [0.15, 0.2) is 0 Å². The summed E-state index contributed by atoms with van der Waals surface area (Å²) in [5.74, 6) is 0.345. The molecule has 30 heavy (non-hydrogen) atoms. The second-order valence-corrected chi connectivity index (χ2v) is 9.31. The number of carbonyl (C=O) groups is 1. The molecule has 3 aromatic rings. The van der Waals surface area contributed by atoms with Gasteiger partial charge in [-0.25, -0.2) is 13.1 Å². The molecule has 2 N–H and O–H groups in total. The van der Waals surface area contributed by atoms with Crippen LogP contribution in [0, 0.1) is 0 Å². The Kier molecular flexibility index (Phi) is 5.74. The molecule has 1 fully saturated rings. The highest BCUT2D eigenvalue weighted by Crippen LogP contribution is 2.30. The van der Waals surface area contributed by atoms with E-state index in [-0.39, 0.29) is 17.3 Å². The minimum Gasteiger partial charge on any atom is -0.358 e. The Morgan fingerprint density at radius 2 is 1.83 bits per heavy atom. The summed E-state index contributed by atoms with van der Waals surface area (Å²) in [4.78, 5) is 18.3. The van der Waals surface area contributed by atoms with Gasteiger partial charge >= 0.3 is 0 Å². The Morgan fingerprint density at radius 1 is 1.13 bits per heavy atom. The minimum absolute atomic E-state index is 0.0619. The first-order chi connectivity index (χ1) is 14.5. The van der Waals surface area contributed by atoms with Gasteiger partial charge in [0.05, 0.1) is 4.90 Å². The molecule has 6 nitrogen and oxygen atoms in total. The van der Waals surface area contributed by atoms with Crippen molar-refractivity contribution in [1.29, 1.82) is 0 Å². The van der Waals surface area contributed by atoms with E-state index in [0.29, 0.717) is 24.6 Å². The van der Waals surface area contributed by atoms with Crippen molar-refractivity contribution in [2.75, 3.05) is 19.6 Å². The number of sulfonamides is 1. The first kappa shape index (κ1) is 20.4. The van der Waals surface area contributed by atoms with E-state index < -0.39 is 10.0 Å². The molecule has 2 aromatic carbocycles. The second kappa shape index (κ2) is 8.45. The molecule has 0 aliphatic carbocycles. The monoisotopic (exact) mass is 423 g/mol. The van der Waals surface area contributed by atoms with E-state index in [9.17, 15) is 13.2 Å². The zero-order chi connectivity index (χ0) is 21.1. The van der Waals surface area contributed by atoms with Crippen LogP contribution < -0.4 is 4.72 Å². The lowest BCUT2D eigenvalue weighted by atomic mass is 9.93. The number of amides is 1. The summed E-state index contributed by atoms with van der Waals surface area (Å²) in [7, 11) is -3.59. The van der Waals surface area contributed by atoms with E-state index in [2.05, 4.69) is 34.5 Å². The van der Waals surface area contributed by atoms with Crippen molar-refractivity contribution in [2.45, 2.75) is 23.7 Å². The molecule has 0 bridgehead atoms. The highest BCUT2D eigenvalue weighted by molar-refractivity contribution is 7.89. The van der Waals surface area contributed by atoms with Crippen LogP contribution in [0.25, 0.3) is 10.9 Å². The number of hydrogen-bond acceptors (Lipinski definition) is 3. The van der Waals surface area contributed by atoms with Gasteiger partial charge in [-0.1, -0.05) is 24.3 Å². The number of benzene rings is 2. The molecule has 7 heteroatoms. The van der Waals surface area contributed by atoms with Crippen LogP contribution in [0.2, 0.25) is 0 Å². The predicted molar refractivity (Wildman–Crippen MR) is 118 cm³/mol. The molecule has 0 saturated carbocycles. The number of hydrogen-bond donors (Lipinski definition) is 2. The number of likely N-dealkylation sites (tertiary alicyclic amines) is 1. The number of rotatable bonds is 6. The van der Waals surface area contributed by atoms with E-state index in [1.807, 2.05) is 17.0 Å². The van der Waals surface area contributed by atoms with Gasteiger partial charge in [-0.2, -0.15) is 0 Å². The molecular weight excluding hydrogens is 398 g/mol. The van der Waals surface area contributed by atoms with E-state index in [1.54, 1.807) is 12.1 Å². The summed E-state index contributed by atoms with van der Waals surface area (Å²) >= 11 is 0. The van der Waals surface area contributed by atoms with Crippen molar-refractivity contribution in [3.05, 3.63) is 78.5 Å². The van der Waals surface area contributed by atoms with Crippen molar-refractivity contribution in [3.8, 4) is 0 Å². The summed E-state index contributed by atoms with van der Waals surface area (Å²) < 4.78 is 26.7. The standard InChI is InChI=1S/C23H25N3O3S/c1-2-13-24-30(28,29)20-9-7-18(8-10-20)23(27)26-14-11-17(12-15-26)22-16-19-5-3-4-6-21(19)25-22/h2-10,16-17,24-25H,1,11-15H2. The summed E-state index contributed by atoms with van der Waals surface area (Å²) in [5, 5.41) is 1.21. The zero-order valence-corrected chi connectivity index (χ0v) is 17.5. The number of nitrogens with one attached hydrogen (secondary N) is 2. The third-order valence-corrected chi connectivity index (χ3v) is 7.04. The number of carbonyl (C=O) groups excluding carboxylic acids is 1. The van der Waals surface area contributed by atoms with Gasteiger partial charge in [-0.05, 0) is 54.6 Å². The van der Waals surface area contributed by atoms with Crippen molar-refractivity contribution in [1.82, 2.24) is 14.6 Å². The van der Waals surface area contributed by atoms with Crippen molar-refractivity contribution < 1.29 is 13.2 Å². The topological polar surface area (TPSA) is 82.3 Å². The molecule has 0 spiro atoms. The molecule has 1 aromatic heterocycles. The van der Waals surface area contributed by atoms with Crippen molar-refractivity contribution >= 4 is 26.8 Å². The Morgan fingerprint density at radius 3 is 2.50 bits per heavy atom. The van der Waals surface area contributed by atoms with Gasteiger partial charge in [0.2, 0.25) is 10.0 Å². The molecule has 156 valence electrons. The number of aromatic amines is 1. The van der Waals surface area contributed by atoms with Crippen LogP contribution in [-0.4, -0.2) is 43.8 Å². The average molecular weight is 424 g/mol. The lowest BCUT2D eigenvalue weighted by molar-refractivity contribution is 0.0712. The van der Waals surface area contributed by atoms with Gasteiger partial charge in [0.25, 0.3) is 5.91 Å². The lowest BCUT2D eigenvalue weighted by Gasteiger charge is -2.31. The molecule has 1 aliphatic rings. The van der Waals surface area contributed by atoms with Crippen molar-refractivity contribution in [3.63, 3.8) is 0 Å². The fourth-order valence-electron chi connectivity index (χ4n) is 3.92. The molecular formula is C23H25N3O3S. The van der Waals surface area contributed by atoms with Crippen LogP contribution in [-0.2, 0) is 10.0 Å². The molecule has 1 aliphatic heterocycles. The number of H-pyrrole nitrogens is 1. The van der Waals surface area contributed by atoms with Crippen LogP contribution in [0.4, 0.5) is 0 Å². The fourth-order valence-corrected chi connectivity index (χ4v) is 4.92. The third-order valence-electron chi connectivity index (χ3n) is 5.60. The summed E-state index contributed by atoms with van der Waals surface area (Å²) in [6.45, 7) is 5.02. The first-order valence-electron chi connectivity index (χ1n) is 10.1. The Balaban J connectivity index is 1.39. The molecule has 0 atom stereocenters. The molecule has 4 rings (SSSR count). The number of fused-ring (bicyclic) bond motifs is 1. The average Bonchev–Trinajstić information content (AvgIpc) is 3.22. The highest BCUT2D eigenvalue weighted by atomic mass is 32.2. The number of aromatic nitrogens is 1. The van der Waals surface area contributed by atoms with Crippen molar-refractivity contribution in [2.24, 2.45) is 0 Å². The Bertz CT molecular complexity index is 1120. The van der Waals surface area contributed by atoms with Crippen LogP contribution in [0.5, 0.6) is 0 Å². The molecule has 1 amide bonds. The zero-order valence-electron chi connectivity index (χ0n) is 16.7. The first-order valence-corrected chi connectivity index (χ1v) is 11.5. The van der Waals surface area contributed by atoms with Gasteiger partial charge in [0, 0.05) is 42.3 Å². The molecule has 0 unspecified atom stereocenters. The van der Waals surface area contributed by atoms with Gasteiger partial charge < -0.3 is 9.88 Å². The summed E-state index contributed by atoms with van der Waals surface area (Å²) in [6, 6.07) is 16.5. The normalized spacial score (nSPS) is 15.4. The van der Waals surface area contributed by atoms with E-state index >= 15 is 0 Å². The molecule has 0 radical (unpaired) electrons. The number of piperidine rings is 1. The second-order valence-electron chi connectivity index (χ2n) is 7.54. The van der Waals surface area contributed by atoms with Gasteiger partial charge in [0.1, 0.15) is 0 Å². The summed E-state index contributed by atoms with van der Waals surface area (Å²) in [6.07, 6.45) is 3.28. The van der Waals surface area contributed by atoms with Crippen LogP contribution in [0.3, 0.4) is 0 Å². The quantitative estimate of drug-likeness (QED) is 0.594. The minimum atomic E-state index is -3.59. The van der Waals surface area contributed by atoms with Gasteiger partial charge in [-0.3, -0.25) is 4.79 Å². The fraction of sp³-hybridized carbons (Fsp3) is 0.261. The Labute approximate surface area is 176 Å². The maximum atomic E-state index is 12.9. The number of para-hydroxylation sites is 1. The Hall–Kier alpha value is -2.90. The van der Waals surface area contributed by atoms with E-state index in [1.165, 1.54) is 29.3 Å². The smallest absolute Gasteiger partial charge is 0.253 e. The molecule has 2 heterocycles. The third kappa shape index (κ3) is 4.17. The maximum Gasteiger partial charge on any atom is 0.253 e. The SMILES string of the molecule is C=CCNS(=O)(=O)c1ccc(C(=O)N2CCC(c3cc4ccccc4[nH]3)CC2)cc1. The lowest BCUT2D eigenvalue weighted by Crippen LogP contribution is -2.38. The summed E-state index contributed by atoms with van der Waals surface area (Å²) in [5.41, 5.74) is 2.87. The van der Waals surface area contributed by atoms with Gasteiger partial charge in [-0.15, -0.1) is 6.58 Å². The van der Waals surface area contributed by atoms with E-state index in [0.717, 1.165) is 18.4 Å². The largest absolute Gasteiger partial charge is 0.358 e.